The number of hydrogen-bond acceptors (Lipinski definition) is 10. The minimum atomic E-state index is -0.783. The van der Waals surface area contributed by atoms with Gasteiger partial charge in [0.1, 0.15) is 12.5 Å². The lowest BCUT2D eigenvalue weighted by atomic mass is 10.1. The molecule has 0 saturated carbocycles. The van der Waals surface area contributed by atoms with Crippen LogP contribution in [0, 0.1) is 0 Å². The van der Waals surface area contributed by atoms with Gasteiger partial charge in [-0.3, -0.25) is 19.6 Å². The lowest BCUT2D eigenvalue weighted by Crippen LogP contribution is -2.41. The normalized spacial score (nSPS) is 24.9. The Kier molecular flexibility index (Phi) is 6.67. The number of rotatable bonds is 2. The summed E-state index contributed by atoms with van der Waals surface area (Å²) in [6.45, 7) is 0. The molecule has 0 unspecified atom stereocenters. The van der Waals surface area contributed by atoms with Crippen LogP contribution in [0.25, 0.3) is 0 Å². The molecule has 6 rings (SSSR count). The van der Waals surface area contributed by atoms with Gasteiger partial charge in [-0.05, 0) is 37.8 Å². The number of aliphatic hydroxyl groups is 2. The molecule has 0 aromatic heterocycles. The molecule has 2 aromatic rings. The molecule has 4 atom stereocenters. The maximum Gasteiger partial charge on any atom is 0.258 e. The highest BCUT2D eigenvalue weighted by Crippen LogP contribution is 2.39. The molecule has 2 amide bonds. The van der Waals surface area contributed by atoms with E-state index in [1.165, 1.54) is 48.3 Å². The Labute approximate surface area is 218 Å². The number of carbonyl (C=O) groups excluding carboxylic acids is 2. The van der Waals surface area contributed by atoms with Gasteiger partial charge in [0.25, 0.3) is 11.8 Å². The Hall–Kier alpha value is -4.16. The third-order valence-corrected chi connectivity index (χ3v) is 7.09. The first-order valence-corrected chi connectivity index (χ1v) is 12.1. The van der Waals surface area contributed by atoms with Gasteiger partial charge >= 0.3 is 0 Å². The van der Waals surface area contributed by atoms with Crippen molar-refractivity contribution >= 4 is 35.6 Å². The van der Waals surface area contributed by atoms with E-state index >= 15 is 0 Å². The Morgan fingerprint density at radius 3 is 1.47 bits per heavy atom. The molecule has 12 nitrogen and oxygen atoms in total. The zero-order chi connectivity index (χ0) is 27.1. The van der Waals surface area contributed by atoms with Gasteiger partial charge in [0.05, 0.1) is 48.8 Å². The number of aliphatic imine (C=N–C) groups is 2. The Bertz CT molecular complexity index is 1240. The van der Waals surface area contributed by atoms with Crippen LogP contribution in [-0.4, -0.2) is 93.2 Å². The van der Waals surface area contributed by atoms with Crippen LogP contribution < -0.4 is 9.47 Å². The highest BCUT2D eigenvalue weighted by atomic mass is 16.5. The minimum Gasteiger partial charge on any atom is -0.504 e. The van der Waals surface area contributed by atoms with E-state index in [4.69, 9.17) is 9.47 Å². The van der Waals surface area contributed by atoms with Gasteiger partial charge in [0, 0.05) is 24.6 Å². The van der Waals surface area contributed by atoms with Crippen LogP contribution in [0.2, 0.25) is 0 Å². The van der Waals surface area contributed by atoms with Gasteiger partial charge in [-0.2, -0.15) is 0 Å². The quantitative estimate of drug-likeness (QED) is 0.464. The average Bonchev–Trinajstić information content (AvgIpc) is 3.38. The van der Waals surface area contributed by atoms with Gasteiger partial charge < -0.3 is 39.7 Å². The lowest BCUT2D eigenvalue weighted by molar-refractivity contribution is 0.0237. The highest BCUT2D eigenvalue weighted by Gasteiger charge is 2.39. The second-order valence-electron chi connectivity index (χ2n) is 9.31. The van der Waals surface area contributed by atoms with Gasteiger partial charge in [-0.1, -0.05) is 0 Å². The fraction of sp³-hybridized carbons (Fsp3) is 0.385. The number of aromatic hydroxyl groups is 2. The summed E-state index contributed by atoms with van der Waals surface area (Å²) in [5.41, 5.74) is 1.44. The van der Waals surface area contributed by atoms with Crippen LogP contribution in [0.4, 0.5) is 11.4 Å². The maximum atomic E-state index is 12.5. The molecule has 0 bridgehead atoms. The maximum absolute atomic E-state index is 12.5. The molecule has 4 N–H and O–H groups in total. The standard InChI is InChI=1S/2C13H14N2O4/c2*1-19-11-4-8-9(5-10(11)16)14-6-7-2-3-12(17)15(7)13(8)18/h2*4-7,12,16-17H,2-3H2,1H3/t7-,12+;7-,12-/m00/s1. The molecular formula is C26H28N4O8. The molecule has 0 aliphatic carbocycles. The molecule has 200 valence electrons. The second kappa shape index (κ2) is 9.95. The molecule has 4 aliphatic heterocycles. The number of benzene rings is 2. The van der Waals surface area contributed by atoms with Crippen LogP contribution in [0.3, 0.4) is 0 Å². The van der Waals surface area contributed by atoms with Gasteiger partial charge in [-0.15, -0.1) is 0 Å². The predicted molar refractivity (Wildman–Crippen MR) is 136 cm³/mol. The number of amides is 2. The summed E-state index contributed by atoms with van der Waals surface area (Å²) in [5, 5.41) is 39.2. The van der Waals surface area contributed by atoms with Gasteiger partial charge in [-0.25, -0.2) is 0 Å². The molecule has 2 fully saturated rings. The summed E-state index contributed by atoms with van der Waals surface area (Å²) in [7, 11) is 2.83. The summed E-state index contributed by atoms with van der Waals surface area (Å²) in [4.78, 5) is 36.2. The van der Waals surface area contributed by atoms with Crippen molar-refractivity contribution in [2.24, 2.45) is 9.98 Å². The molecule has 0 radical (unpaired) electrons. The first-order chi connectivity index (χ1) is 18.2. The Balaban J connectivity index is 0.000000155. The first-order valence-electron chi connectivity index (χ1n) is 12.1. The van der Waals surface area contributed by atoms with E-state index < -0.39 is 12.5 Å². The third kappa shape index (κ3) is 4.31. The average molecular weight is 525 g/mol. The van der Waals surface area contributed by atoms with Crippen molar-refractivity contribution < 1.29 is 39.5 Å². The molecule has 2 saturated heterocycles. The zero-order valence-corrected chi connectivity index (χ0v) is 20.8. The Morgan fingerprint density at radius 2 is 1.11 bits per heavy atom. The molecule has 2 aromatic carbocycles. The SMILES string of the molecule is COc1cc2c(cc1O)N=C[C@@H]1CC[C@@H](O)N1C2=O.COc1cc2c(cc1O)N=C[C@@H]1CC[C@H](O)N1C2=O. The van der Waals surface area contributed by atoms with E-state index in [9.17, 15) is 30.0 Å². The van der Waals surface area contributed by atoms with Crippen molar-refractivity contribution in [3.05, 3.63) is 35.4 Å². The zero-order valence-electron chi connectivity index (χ0n) is 20.8. The van der Waals surface area contributed by atoms with E-state index in [1.54, 1.807) is 12.4 Å². The van der Waals surface area contributed by atoms with E-state index in [0.717, 1.165) is 0 Å². The lowest BCUT2D eigenvalue weighted by Gasteiger charge is -2.24. The summed E-state index contributed by atoms with van der Waals surface area (Å²) in [5.74, 6) is -0.270. The number of carbonyl (C=O) groups is 2. The fourth-order valence-corrected chi connectivity index (χ4v) is 5.11. The van der Waals surface area contributed by atoms with E-state index in [0.29, 0.717) is 48.2 Å². The van der Waals surface area contributed by atoms with Crippen molar-refractivity contribution in [2.75, 3.05) is 14.2 Å². The molecule has 38 heavy (non-hydrogen) atoms. The van der Waals surface area contributed by atoms with Crippen molar-refractivity contribution in [2.45, 2.75) is 50.2 Å². The summed E-state index contributed by atoms with van der Waals surface area (Å²) in [6, 6.07) is 5.33. The third-order valence-electron chi connectivity index (χ3n) is 7.09. The molecule has 12 heteroatoms. The number of phenolic OH excluding ortho intramolecular Hbond substituents is 2. The molecule has 4 heterocycles. The predicted octanol–water partition coefficient (Wildman–Crippen LogP) is 2.08. The smallest absolute Gasteiger partial charge is 0.258 e. The van der Waals surface area contributed by atoms with Crippen LogP contribution in [0.5, 0.6) is 23.0 Å². The van der Waals surface area contributed by atoms with Gasteiger partial charge in [0.2, 0.25) is 0 Å². The van der Waals surface area contributed by atoms with Crippen LogP contribution >= 0.6 is 0 Å². The second-order valence-corrected chi connectivity index (χ2v) is 9.31. The van der Waals surface area contributed by atoms with E-state index in [2.05, 4.69) is 9.98 Å². The van der Waals surface area contributed by atoms with Crippen LogP contribution in [0.15, 0.2) is 34.3 Å². The van der Waals surface area contributed by atoms with Crippen molar-refractivity contribution in [3.8, 4) is 23.0 Å². The van der Waals surface area contributed by atoms with Crippen molar-refractivity contribution in [1.82, 2.24) is 9.80 Å². The van der Waals surface area contributed by atoms with E-state index in [-0.39, 0.29) is 46.9 Å². The topological polar surface area (TPSA) is 165 Å². The van der Waals surface area contributed by atoms with Gasteiger partial charge in [0.15, 0.2) is 23.0 Å². The first kappa shape index (κ1) is 25.5. The summed E-state index contributed by atoms with van der Waals surface area (Å²) in [6.07, 6.45) is 4.20. The molecule has 4 aliphatic rings. The summed E-state index contributed by atoms with van der Waals surface area (Å²) < 4.78 is 10.0. The number of hydrogen-bond donors (Lipinski definition) is 4. The minimum absolute atomic E-state index is 0.0613. The van der Waals surface area contributed by atoms with Crippen molar-refractivity contribution in [3.63, 3.8) is 0 Å². The molecule has 0 spiro atoms. The van der Waals surface area contributed by atoms with Crippen LogP contribution in [-0.2, 0) is 0 Å². The van der Waals surface area contributed by atoms with E-state index in [1.807, 2.05) is 0 Å². The fourth-order valence-electron chi connectivity index (χ4n) is 5.11. The summed E-state index contributed by atoms with van der Waals surface area (Å²) >= 11 is 0. The monoisotopic (exact) mass is 524 g/mol. The Morgan fingerprint density at radius 1 is 0.711 bits per heavy atom. The number of phenols is 2. The van der Waals surface area contributed by atoms with Crippen molar-refractivity contribution in [1.29, 1.82) is 0 Å². The number of nitrogens with zero attached hydrogens (tertiary/aromatic N) is 4. The highest BCUT2D eigenvalue weighted by molar-refractivity contribution is 6.04. The molecular weight excluding hydrogens is 496 g/mol. The number of methoxy groups -OCH3 is 2. The van der Waals surface area contributed by atoms with Crippen LogP contribution in [0.1, 0.15) is 46.4 Å². The largest absolute Gasteiger partial charge is 0.504 e. The number of aliphatic hydroxyl groups excluding tert-OH is 2. The number of ether oxygens (including phenoxy) is 2. The number of fused-ring (bicyclic) bond motifs is 4.